The first-order valence-electron chi connectivity index (χ1n) is 4.60. The smallest absolute Gasteiger partial charge is 0.143 e. The van der Waals surface area contributed by atoms with Crippen molar-refractivity contribution in [3.63, 3.8) is 0 Å². The molecule has 76 valence electrons. The molecular weight excluding hydrogens is 210 g/mol. The van der Waals surface area contributed by atoms with Gasteiger partial charge in [0.25, 0.3) is 0 Å². The number of aromatic nitrogens is 3. The van der Waals surface area contributed by atoms with Crippen molar-refractivity contribution in [1.29, 1.82) is 0 Å². The quantitative estimate of drug-likeness (QED) is 0.729. The van der Waals surface area contributed by atoms with Gasteiger partial charge in [-0.3, -0.25) is 4.98 Å². The van der Waals surface area contributed by atoms with E-state index in [2.05, 4.69) is 15.0 Å². The van der Waals surface area contributed by atoms with Crippen molar-refractivity contribution in [3.8, 4) is 11.3 Å². The van der Waals surface area contributed by atoms with Crippen molar-refractivity contribution in [2.75, 3.05) is 0 Å². The van der Waals surface area contributed by atoms with E-state index < -0.39 is 0 Å². The molecule has 0 amide bonds. The van der Waals surface area contributed by atoms with Crippen LogP contribution >= 0.6 is 11.6 Å². The highest BCUT2D eigenvalue weighted by atomic mass is 35.5. The molecule has 0 aliphatic heterocycles. The topological polar surface area (TPSA) is 38.7 Å². The third-order valence-electron chi connectivity index (χ3n) is 1.98. The molecule has 0 aromatic carbocycles. The molecule has 3 nitrogen and oxygen atoms in total. The fourth-order valence-electron chi connectivity index (χ4n) is 1.35. The number of halogens is 1. The summed E-state index contributed by atoms with van der Waals surface area (Å²) in [5.74, 6) is 0.977. The maximum absolute atomic E-state index is 5.72. The van der Waals surface area contributed by atoms with Gasteiger partial charge in [0.15, 0.2) is 0 Å². The maximum Gasteiger partial charge on any atom is 0.143 e. The summed E-state index contributed by atoms with van der Waals surface area (Å²) in [5.41, 5.74) is 2.76. The third-order valence-corrected chi connectivity index (χ3v) is 2.22. The minimum atomic E-state index is 0.328. The molecule has 0 unspecified atom stereocenters. The Kier molecular flexibility index (Phi) is 2.92. The molecular formula is C11H10ClN3. The zero-order valence-electron chi connectivity index (χ0n) is 8.31. The minimum absolute atomic E-state index is 0.328. The molecule has 0 radical (unpaired) electrons. The van der Waals surface area contributed by atoms with Crippen molar-refractivity contribution in [2.45, 2.75) is 12.8 Å². The lowest BCUT2D eigenvalue weighted by atomic mass is 10.2. The fraction of sp³-hybridized carbons (Fsp3) is 0.182. The fourth-order valence-corrected chi connectivity index (χ4v) is 1.47. The van der Waals surface area contributed by atoms with E-state index in [1.54, 1.807) is 12.4 Å². The van der Waals surface area contributed by atoms with Gasteiger partial charge in [-0.15, -0.1) is 11.6 Å². The number of alkyl halides is 1. The standard InChI is InChI=1S/C11H10ClN3/c1-8-5-10(15-11(6-12)14-8)9-3-2-4-13-7-9/h2-5,7H,6H2,1H3. The summed E-state index contributed by atoms with van der Waals surface area (Å²) in [6.07, 6.45) is 3.51. The summed E-state index contributed by atoms with van der Waals surface area (Å²) in [5, 5.41) is 0. The van der Waals surface area contributed by atoms with Crippen LogP contribution in [0.3, 0.4) is 0 Å². The molecule has 2 aromatic rings. The molecule has 4 heteroatoms. The number of hydrogen-bond donors (Lipinski definition) is 0. The van der Waals surface area contributed by atoms with Crippen LogP contribution < -0.4 is 0 Å². The van der Waals surface area contributed by atoms with Gasteiger partial charge in [0, 0.05) is 23.7 Å². The van der Waals surface area contributed by atoms with Gasteiger partial charge in [0.2, 0.25) is 0 Å². The summed E-state index contributed by atoms with van der Waals surface area (Å²) in [6.45, 7) is 1.93. The van der Waals surface area contributed by atoms with Crippen molar-refractivity contribution >= 4 is 11.6 Å². The lowest BCUT2D eigenvalue weighted by molar-refractivity contribution is 0.996. The van der Waals surface area contributed by atoms with Gasteiger partial charge in [0.05, 0.1) is 11.6 Å². The predicted molar refractivity (Wildman–Crippen MR) is 59.6 cm³/mol. The van der Waals surface area contributed by atoms with Gasteiger partial charge in [-0.05, 0) is 25.1 Å². The highest BCUT2D eigenvalue weighted by Gasteiger charge is 2.03. The SMILES string of the molecule is Cc1cc(-c2cccnc2)nc(CCl)n1. The number of rotatable bonds is 2. The Bertz CT molecular complexity index is 457. The maximum atomic E-state index is 5.72. The summed E-state index contributed by atoms with van der Waals surface area (Å²) >= 11 is 5.72. The van der Waals surface area contributed by atoms with Crippen LogP contribution in [0.2, 0.25) is 0 Å². The van der Waals surface area contributed by atoms with E-state index in [1.807, 2.05) is 25.1 Å². The Morgan fingerprint density at radius 3 is 2.87 bits per heavy atom. The Hall–Kier alpha value is -1.48. The van der Waals surface area contributed by atoms with Crippen molar-refractivity contribution in [2.24, 2.45) is 0 Å². The molecule has 15 heavy (non-hydrogen) atoms. The Balaban J connectivity index is 2.49. The molecule has 0 spiro atoms. The van der Waals surface area contributed by atoms with Crippen LogP contribution in [-0.2, 0) is 5.88 Å². The molecule has 0 aliphatic rings. The Morgan fingerprint density at radius 1 is 1.33 bits per heavy atom. The van der Waals surface area contributed by atoms with Gasteiger partial charge >= 0.3 is 0 Å². The van der Waals surface area contributed by atoms with Crippen LogP contribution in [0.4, 0.5) is 0 Å². The van der Waals surface area contributed by atoms with E-state index in [9.17, 15) is 0 Å². The van der Waals surface area contributed by atoms with Crippen molar-refractivity contribution in [3.05, 3.63) is 42.1 Å². The third kappa shape index (κ3) is 2.30. The van der Waals surface area contributed by atoms with Gasteiger partial charge in [-0.2, -0.15) is 0 Å². The highest BCUT2D eigenvalue weighted by molar-refractivity contribution is 6.16. The lowest BCUT2D eigenvalue weighted by Gasteiger charge is -2.03. The predicted octanol–water partition coefficient (Wildman–Crippen LogP) is 2.59. The van der Waals surface area contributed by atoms with E-state index in [-0.39, 0.29) is 0 Å². The van der Waals surface area contributed by atoms with Crippen LogP contribution in [0.1, 0.15) is 11.5 Å². The van der Waals surface area contributed by atoms with Crippen LogP contribution in [-0.4, -0.2) is 15.0 Å². The van der Waals surface area contributed by atoms with Crippen LogP contribution in [0, 0.1) is 6.92 Å². The first kappa shape index (κ1) is 10.1. The van der Waals surface area contributed by atoms with Crippen molar-refractivity contribution < 1.29 is 0 Å². The van der Waals surface area contributed by atoms with E-state index in [4.69, 9.17) is 11.6 Å². The van der Waals surface area contributed by atoms with Gasteiger partial charge in [0.1, 0.15) is 5.82 Å². The van der Waals surface area contributed by atoms with E-state index in [1.165, 1.54) is 0 Å². The highest BCUT2D eigenvalue weighted by Crippen LogP contribution is 2.16. The lowest BCUT2D eigenvalue weighted by Crippen LogP contribution is -1.96. The number of aryl methyl sites for hydroxylation is 1. The van der Waals surface area contributed by atoms with Crippen LogP contribution in [0.25, 0.3) is 11.3 Å². The minimum Gasteiger partial charge on any atom is -0.264 e. The zero-order chi connectivity index (χ0) is 10.7. The average molecular weight is 220 g/mol. The van der Waals surface area contributed by atoms with Crippen LogP contribution in [0.15, 0.2) is 30.6 Å². The summed E-state index contributed by atoms with van der Waals surface area (Å²) in [4.78, 5) is 12.6. The van der Waals surface area contributed by atoms with E-state index in [0.717, 1.165) is 17.0 Å². The molecule has 0 atom stereocenters. The normalized spacial score (nSPS) is 10.3. The van der Waals surface area contributed by atoms with Gasteiger partial charge in [-0.25, -0.2) is 9.97 Å². The number of pyridine rings is 1. The first-order chi connectivity index (χ1) is 7.29. The monoisotopic (exact) mass is 219 g/mol. The second kappa shape index (κ2) is 4.36. The molecule has 0 N–H and O–H groups in total. The number of hydrogen-bond acceptors (Lipinski definition) is 3. The summed E-state index contributed by atoms with van der Waals surface area (Å²) in [6, 6.07) is 5.77. The van der Waals surface area contributed by atoms with Gasteiger partial charge in [-0.1, -0.05) is 0 Å². The molecule has 0 fully saturated rings. The second-order valence-electron chi connectivity index (χ2n) is 3.19. The number of nitrogens with zero attached hydrogens (tertiary/aromatic N) is 3. The average Bonchev–Trinajstić information content (AvgIpc) is 2.29. The van der Waals surface area contributed by atoms with Gasteiger partial charge < -0.3 is 0 Å². The second-order valence-corrected chi connectivity index (χ2v) is 3.45. The molecule has 2 rings (SSSR count). The molecule has 0 bridgehead atoms. The Morgan fingerprint density at radius 2 is 2.20 bits per heavy atom. The van der Waals surface area contributed by atoms with E-state index in [0.29, 0.717) is 11.7 Å². The molecule has 0 saturated heterocycles. The first-order valence-corrected chi connectivity index (χ1v) is 5.14. The summed E-state index contributed by atoms with van der Waals surface area (Å²) in [7, 11) is 0. The van der Waals surface area contributed by atoms with E-state index >= 15 is 0 Å². The zero-order valence-corrected chi connectivity index (χ0v) is 9.07. The molecule has 2 heterocycles. The molecule has 2 aromatic heterocycles. The summed E-state index contributed by atoms with van der Waals surface area (Å²) < 4.78 is 0. The van der Waals surface area contributed by atoms with Crippen molar-refractivity contribution in [1.82, 2.24) is 15.0 Å². The van der Waals surface area contributed by atoms with Crippen LogP contribution in [0.5, 0.6) is 0 Å². The molecule has 0 saturated carbocycles. The molecule has 0 aliphatic carbocycles. The Labute approximate surface area is 93.2 Å². The largest absolute Gasteiger partial charge is 0.264 e.